The van der Waals surface area contributed by atoms with Gasteiger partial charge in [0.2, 0.25) is 0 Å². The van der Waals surface area contributed by atoms with Gasteiger partial charge in [0.25, 0.3) is 0 Å². The quantitative estimate of drug-likeness (QED) is 0.578. The number of para-hydroxylation sites is 2. The van der Waals surface area contributed by atoms with Gasteiger partial charge in [-0.1, -0.05) is 70.0 Å². The van der Waals surface area contributed by atoms with Crippen LogP contribution < -0.4 is 0 Å². The molecule has 0 unspecified atom stereocenters. The Morgan fingerprint density at radius 3 is 2.18 bits per heavy atom. The lowest BCUT2D eigenvalue weighted by Crippen LogP contribution is -2.26. The van der Waals surface area contributed by atoms with E-state index in [9.17, 15) is 0 Å². The molecule has 3 heteroatoms. The molecule has 0 aliphatic carbocycles. The van der Waals surface area contributed by atoms with Crippen molar-refractivity contribution in [1.82, 2.24) is 14.5 Å². The molecular weight excluding hydrogens is 342 g/mol. The normalized spacial score (nSPS) is 16.4. The largest absolute Gasteiger partial charge is 0.322 e. The molecule has 28 heavy (non-hydrogen) atoms. The first-order chi connectivity index (χ1) is 13.5. The first-order valence-electron chi connectivity index (χ1n) is 10.8. The summed E-state index contributed by atoms with van der Waals surface area (Å²) in [5.74, 6) is 1.20. The third-order valence-corrected chi connectivity index (χ3v) is 5.96. The first kappa shape index (κ1) is 19.2. The molecular formula is C25H33N3. The van der Waals surface area contributed by atoms with E-state index in [1.54, 1.807) is 0 Å². The van der Waals surface area contributed by atoms with Gasteiger partial charge in [0.1, 0.15) is 5.82 Å². The second kappa shape index (κ2) is 8.08. The zero-order chi connectivity index (χ0) is 19.6. The number of likely N-dealkylation sites (tertiary alicyclic amines) is 1. The van der Waals surface area contributed by atoms with E-state index in [2.05, 4.69) is 78.8 Å². The van der Waals surface area contributed by atoms with Crippen LogP contribution in [0.5, 0.6) is 0 Å². The molecule has 0 bridgehead atoms. The molecule has 0 amide bonds. The molecule has 2 aromatic carbocycles. The zero-order valence-electron chi connectivity index (χ0n) is 17.6. The van der Waals surface area contributed by atoms with E-state index in [4.69, 9.17) is 4.98 Å². The standard InChI is InChI=1S/C25H33N3/c1-25(2,3)21-14-12-20(13-15-21)18-28-23-11-7-6-10-22(23)26-24(28)19-27-16-8-4-5-9-17-27/h6-7,10-15H,4-5,8-9,16-19H2,1-3H3. The average Bonchev–Trinajstić information content (AvgIpc) is 2.83. The third kappa shape index (κ3) is 4.30. The van der Waals surface area contributed by atoms with Gasteiger partial charge in [-0.25, -0.2) is 4.98 Å². The number of imidazole rings is 1. The minimum atomic E-state index is 0.193. The van der Waals surface area contributed by atoms with Gasteiger partial charge in [0.05, 0.1) is 17.6 Å². The molecule has 3 nitrogen and oxygen atoms in total. The van der Waals surface area contributed by atoms with Gasteiger partial charge in [-0.3, -0.25) is 4.90 Å². The fourth-order valence-corrected chi connectivity index (χ4v) is 4.21. The van der Waals surface area contributed by atoms with Crippen LogP contribution in [0.3, 0.4) is 0 Å². The lowest BCUT2D eigenvalue weighted by atomic mass is 9.87. The van der Waals surface area contributed by atoms with E-state index < -0.39 is 0 Å². The Kier molecular flexibility index (Phi) is 5.54. The number of rotatable bonds is 4. The van der Waals surface area contributed by atoms with Gasteiger partial charge >= 0.3 is 0 Å². The number of hydrogen-bond acceptors (Lipinski definition) is 2. The molecule has 0 saturated carbocycles. The number of nitrogens with zero attached hydrogens (tertiary/aromatic N) is 3. The van der Waals surface area contributed by atoms with Gasteiger partial charge in [0, 0.05) is 6.54 Å². The predicted octanol–water partition coefficient (Wildman–Crippen LogP) is 5.76. The van der Waals surface area contributed by atoms with Crippen molar-refractivity contribution in [2.45, 2.75) is 65.0 Å². The van der Waals surface area contributed by atoms with Gasteiger partial charge in [-0.2, -0.15) is 0 Å². The summed E-state index contributed by atoms with van der Waals surface area (Å²) in [4.78, 5) is 7.60. The van der Waals surface area contributed by atoms with Crippen molar-refractivity contribution in [3.05, 3.63) is 65.5 Å². The van der Waals surface area contributed by atoms with Gasteiger partial charge in [-0.05, 0) is 54.6 Å². The first-order valence-corrected chi connectivity index (χ1v) is 10.8. The molecule has 3 aromatic rings. The maximum absolute atomic E-state index is 5.01. The van der Waals surface area contributed by atoms with E-state index in [0.29, 0.717) is 0 Å². The molecule has 2 heterocycles. The summed E-state index contributed by atoms with van der Waals surface area (Å²) in [5, 5.41) is 0. The van der Waals surface area contributed by atoms with Crippen LogP contribution >= 0.6 is 0 Å². The Labute approximate surface area is 169 Å². The van der Waals surface area contributed by atoms with Gasteiger partial charge in [-0.15, -0.1) is 0 Å². The van der Waals surface area contributed by atoms with Crippen molar-refractivity contribution < 1.29 is 0 Å². The van der Waals surface area contributed by atoms with Crippen LogP contribution in [-0.2, 0) is 18.5 Å². The molecule has 1 aromatic heterocycles. The van der Waals surface area contributed by atoms with Crippen molar-refractivity contribution in [2.24, 2.45) is 0 Å². The van der Waals surface area contributed by atoms with E-state index in [-0.39, 0.29) is 5.41 Å². The average molecular weight is 376 g/mol. The monoisotopic (exact) mass is 375 g/mol. The highest BCUT2D eigenvalue weighted by Gasteiger charge is 2.17. The highest BCUT2D eigenvalue weighted by molar-refractivity contribution is 5.76. The Hall–Kier alpha value is -2.13. The van der Waals surface area contributed by atoms with Crippen LogP contribution in [0.2, 0.25) is 0 Å². The smallest absolute Gasteiger partial charge is 0.124 e. The molecule has 4 rings (SSSR count). The zero-order valence-corrected chi connectivity index (χ0v) is 17.6. The van der Waals surface area contributed by atoms with E-state index in [1.807, 2.05) is 0 Å². The van der Waals surface area contributed by atoms with E-state index in [0.717, 1.165) is 18.6 Å². The Bertz CT molecular complexity index is 907. The summed E-state index contributed by atoms with van der Waals surface area (Å²) < 4.78 is 2.42. The summed E-state index contributed by atoms with van der Waals surface area (Å²) in [7, 11) is 0. The minimum absolute atomic E-state index is 0.193. The second-order valence-electron chi connectivity index (χ2n) is 9.24. The fraction of sp³-hybridized carbons (Fsp3) is 0.480. The highest BCUT2D eigenvalue weighted by Crippen LogP contribution is 2.24. The SMILES string of the molecule is CC(C)(C)c1ccc(Cn2c(CN3CCCCCC3)nc3ccccc32)cc1. The van der Waals surface area contributed by atoms with E-state index >= 15 is 0 Å². The van der Waals surface area contributed by atoms with Gasteiger partial charge in [0.15, 0.2) is 0 Å². The summed E-state index contributed by atoms with van der Waals surface area (Å²) >= 11 is 0. The summed E-state index contributed by atoms with van der Waals surface area (Å²) in [6.07, 6.45) is 5.36. The van der Waals surface area contributed by atoms with Crippen LogP contribution in [0.1, 0.15) is 63.4 Å². The maximum Gasteiger partial charge on any atom is 0.124 e. The molecule has 0 atom stereocenters. The molecule has 1 aliphatic heterocycles. The number of hydrogen-bond donors (Lipinski definition) is 0. The number of benzene rings is 2. The molecule has 0 spiro atoms. The predicted molar refractivity (Wildman–Crippen MR) is 118 cm³/mol. The molecule has 0 N–H and O–H groups in total. The van der Waals surface area contributed by atoms with Crippen molar-refractivity contribution >= 4 is 11.0 Å². The lowest BCUT2D eigenvalue weighted by Gasteiger charge is -2.21. The number of fused-ring (bicyclic) bond motifs is 1. The van der Waals surface area contributed by atoms with Crippen LogP contribution in [-0.4, -0.2) is 27.5 Å². The van der Waals surface area contributed by atoms with Crippen molar-refractivity contribution in [3.63, 3.8) is 0 Å². The van der Waals surface area contributed by atoms with Crippen LogP contribution in [0.15, 0.2) is 48.5 Å². The lowest BCUT2D eigenvalue weighted by molar-refractivity contribution is 0.267. The van der Waals surface area contributed by atoms with Gasteiger partial charge < -0.3 is 4.57 Å². The third-order valence-electron chi connectivity index (χ3n) is 5.96. The van der Waals surface area contributed by atoms with Crippen LogP contribution in [0.4, 0.5) is 0 Å². The fourth-order valence-electron chi connectivity index (χ4n) is 4.21. The molecule has 1 fully saturated rings. The van der Waals surface area contributed by atoms with Crippen molar-refractivity contribution in [2.75, 3.05) is 13.1 Å². The molecule has 0 radical (unpaired) electrons. The minimum Gasteiger partial charge on any atom is -0.322 e. The van der Waals surface area contributed by atoms with Crippen molar-refractivity contribution in [3.8, 4) is 0 Å². The van der Waals surface area contributed by atoms with Crippen LogP contribution in [0.25, 0.3) is 11.0 Å². The second-order valence-corrected chi connectivity index (χ2v) is 9.24. The summed E-state index contributed by atoms with van der Waals surface area (Å²) in [5.41, 5.74) is 5.27. The summed E-state index contributed by atoms with van der Waals surface area (Å²) in [6.45, 7) is 11.0. The maximum atomic E-state index is 5.01. The number of aromatic nitrogens is 2. The van der Waals surface area contributed by atoms with Crippen LogP contribution in [0, 0.1) is 0 Å². The summed E-state index contributed by atoms with van der Waals surface area (Å²) in [6, 6.07) is 17.7. The Morgan fingerprint density at radius 2 is 1.50 bits per heavy atom. The Morgan fingerprint density at radius 1 is 0.821 bits per heavy atom. The topological polar surface area (TPSA) is 21.1 Å². The molecule has 148 valence electrons. The molecule has 1 aliphatic rings. The molecule has 1 saturated heterocycles. The van der Waals surface area contributed by atoms with E-state index in [1.165, 1.54) is 61.2 Å². The highest BCUT2D eigenvalue weighted by atomic mass is 15.2. The van der Waals surface area contributed by atoms with Crippen molar-refractivity contribution in [1.29, 1.82) is 0 Å². The Balaban J connectivity index is 1.63.